The summed E-state index contributed by atoms with van der Waals surface area (Å²) in [5.74, 6) is 0.660. The van der Waals surface area contributed by atoms with E-state index < -0.39 is 0 Å². The lowest BCUT2D eigenvalue weighted by atomic mass is 10.1. The fraction of sp³-hybridized carbons (Fsp3) is 0.692. The topological polar surface area (TPSA) is 58.2 Å². The van der Waals surface area contributed by atoms with Crippen LogP contribution in [0.25, 0.3) is 0 Å². The van der Waals surface area contributed by atoms with E-state index in [1.54, 1.807) is 0 Å². The van der Waals surface area contributed by atoms with Crippen molar-refractivity contribution >= 4 is 0 Å². The lowest BCUT2D eigenvalue weighted by Gasteiger charge is -2.31. The van der Waals surface area contributed by atoms with Crippen molar-refractivity contribution < 1.29 is 4.74 Å². The number of likely N-dealkylation sites (N-methyl/N-ethyl adjacent to an activating group) is 1. The Balaban J connectivity index is 2.26. The third kappa shape index (κ3) is 2.62. The quantitative estimate of drug-likeness (QED) is 0.872. The van der Waals surface area contributed by atoms with Crippen molar-refractivity contribution in [2.24, 2.45) is 0 Å². The van der Waals surface area contributed by atoms with E-state index in [4.69, 9.17) is 4.74 Å². The highest BCUT2D eigenvalue weighted by molar-refractivity contribution is 5.17. The standard InChI is InChI=1S/C13H21N3O2/c1-4-10-9(3)14-12(15-13(10)17)11-8-16(5-2)6-7-18-11/h11H,4-8H2,1-3H3,(H,14,15,17). The minimum atomic E-state index is -0.115. The van der Waals surface area contributed by atoms with Crippen molar-refractivity contribution in [3.05, 3.63) is 27.4 Å². The van der Waals surface area contributed by atoms with Gasteiger partial charge in [0.1, 0.15) is 11.9 Å². The van der Waals surface area contributed by atoms with E-state index in [0.29, 0.717) is 18.9 Å². The molecule has 18 heavy (non-hydrogen) atoms. The first-order valence-electron chi connectivity index (χ1n) is 6.59. The van der Waals surface area contributed by atoms with E-state index in [1.807, 2.05) is 13.8 Å². The van der Waals surface area contributed by atoms with Crippen LogP contribution >= 0.6 is 0 Å². The van der Waals surface area contributed by atoms with Crippen LogP contribution in [0.4, 0.5) is 0 Å². The Hall–Kier alpha value is -1.20. The molecule has 1 aliphatic heterocycles. The van der Waals surface area contributed by atoms with Crippen LogP contribution in [0.1, 0.15) is 37.0 Å². The SMILES string of the molecule is CCc1c(C)nc(C2CN(CC)CCO2)[nH]c1=O. The number of morpholine rings is 1. The highest BCUT2D eigenvalue weighted by Gasteiger charge is 2.23. The molecular weight excluding hydrogens is 230 g/mol. The number of rotatable bonds is 3. The number of aromatic amines is 1. The van der Waals surface area contributed by atoms with E-state index in [0.717, 1.165) is 30.9 Å². The Kier molecular flexibility index (Phi) is 4.14. The zero-order chi connectivity index (χ0) is 13.1. The van der Waals surface area contributed by atoms with Crippen LogP contribution in [0.3, 0.4) is 0 Å². The monoisotopic (exact) mass is 251 g/mol. The zero-order valence-corrected chi connectivity index (χ0v) is 11.3. The van der Waals surface area contributed by atoms with Gasteiger partial charge < -0.3 is 9.72 Å². The molecule has 2 rings (SSSR count). The van der Waals surface area contributed by atoms with Gasteiger partial charge in [0.25, 0.3) is 5.56 Å². The molecule has 100 valence electrons. The van der Waals surface area contributed by atoms with Crippen molar-refractivity contribution in [1.82, 2.24) is 14.9 Å². The number of nitrogens with zero attached hydrogens (tertiary/aromatic N) is 2. The molecule has 1 saturated heterocycles. The van der Waals surface area contributed by atoms with Crippen molar-refractivity contribution in [2.45, 2.75) is 33.3 Å². The average molecular weight is 251 g/mol. The summed E-state index contributed by atoms with van der Waals surface area (Å²) in [4.78, 5) is 21.6. The number of ether oxygens (including phenoxy) is 1. The minimum Gasteiger partial charge on any atom is -0.368 e. The fourth-order valence-electron chi connectivity index (χ4n) is 2.36. The predicted molar refractivity (Wildman–Crippen MR) is 69.8 cm³/mol. The van der Waals surface area contributed by atoms with Crippen LogP contribution in [0.5, 0.6) is 0 Å². The molecule has 0 bridgehead atoms. The van der Waals surface area contributed by atoms with Crippen LogP contribution < -0.4 is 5.56 Å². The lowest BCUT2D eigenvalue weighted by Crippen LogP contribution is -2.39. The highest BCUT2D eigenvalue weighted by atomic mass is 16.5. The van der Waals surface area contributed by atoms with Crippen molar-refractivity contribution in [2.75, 3.05) is 26.2 Å². The molecule has 1 unspecified atom stereocenters. The molecule has 1 aliphatic rings. The number of H-pyrrole nitrogens is 1. The van der Waals surface area contributed by atoms with Crippen molar-refractivity contribution in [3.63, 3.8) is 0 Å². The maximum atomic E-state index is 11.9. The minimum absolute atomic E-state index is 0.0304. The maximum absolute atomic E-state index is 11.9. The van der Waals surface area contributed by atoms with Crippen molar-refractivity contribution in [3.8, 4) is 0 Å². The number of hydrogen-bond acceptors (Lipinski definition) is 4. The van der Waals surface area contributed by atoms with E-state index >= 15 is 0 Å². The van der Waals surface area contributed by atoms with Gasteiger partial charge in [-0.05, 0) is 19.9 Å². The Morgan fingerprint density at radius 3 is 2.89 bits per heavy atom. The van der Waals surface area contributed by atoms with Crippen LogP contribution in [0.15, 0.2) is 4.79 Å². The van der Waals surface area contributed by atoms with Gasteiger partial charge in [0.05, 0.1) is 6.61 Å². The van der Waals surface area contributed by atoms with Gasteiger partial charge in [0, 0.05) is 24.3 Å². The molecule has 2 heterocycles. The van der Waals surface area contributed by atoms with Crippen molar-refractivity contribution in [1.29, 1.82) is 0 Å². The summed E-state index contributed by atoms with van der Waals surface area (Å²) in [7, 11) is 0. The average Bonchev–Trinajstić information content (AvgIpc) is 2.38. The number of nitrogens with one attached hydrogen (secondary N) is 1. The normalized spacial score (nSPS) is 21.2. The summed E-state index contributed by atoms with van der Waals surface area (Å²) in [6.45, 7) is 9.41. The fourth-order valence-corrected chi connectivity index (χ4v) is 2.36. The molecular formula is C13H21N3O2. The third-order valence-corrected chi connectivity index (χ3v) is 3.50. The second-order valence-electron chi connectivity index (χ2n) is 4.62. The van der Waals surface area contributed by atoms with Gasteiger partial charge in [-0.3, -0.25) is 9.69 Å². The summed E-state index contributed by atoms with van der Waals surface area (Å²) in [6.07, 6.45) is 0.595. The second kappa shape index (κ2) is 5.63. The van der Waals surface area contributed by atoms with E-state index in [9.17, 15) is 4.79 Å². The number of hydrogen-bond donors (Lipinski definition) is 1. The number of aromatic nitrogens is 2. The van der Waals surface area contributed by atoms with Crippen LogP contribution in [0, 0.1) is 6.92 Å². The Morgan fingerprint density at radius 2 is 2.28 bits per heavy atom. The van der Waals surface area contributed by atoms with Gasteiger partial charge in [0.15, 0.2) is 0 Å². The Morgan fingerprint density at radius 1 is 1.50 bits per heavy atom. The largest absolute Gasteiger partial charge is 0.368 e. The molecule has 1 aromatic rings. The third-order valence-electron chi connectivity index (χ3n) is 3.50. The molecule has 1 aromatic heterocycles. The molecule has 0 radical (unpaired) electrons. The molecule has 1 atom stereocenters. The summed E-state index contributed by atoms with van der Waals surface area (Å²) >= 11 is 0. The first-order chi connectivity index (χ1) is 8.65. The van der Waals surface area contributed by atoms with E-state index in [1.165, 1.54) is 0 Å². The summed E-state index contributed by atoms with van der Waals surface area (Å²) in [6, 6.07) is 0. The smallest absolute Gasteiger partial charge is 0.254 e. The molecule has 1 N–H and O–H groups in total. The molecule has 0 spiro atoms. The van der Waals surface area contributed by atoms with E-state index in [2.05, 4.69) is 21.8 Å². The maximum Gasteiger partial charge on any atom is 0.254 e. The predicted octanol–water partition coefficient (Wildman–Crippen LogP) is 1.03. The first-order valence-corrected chi connectivity index (χ1v) is 6.59. The molecule has 0 aromatic carbocycles. The van der Waals surface area contributed by atoms with Crippen LogP contribution in [-0.2, 0) is 11.2 Å². The molecule has 5 heteroatoms. The van der Waals surface area contributed by atoms with Gasteiger partial charge in [-0.25, -0.2) is 4.98 Å². The van der Waals surface area contributed by atoms with Gasteiger partial charge in [-0.1, -0.05) is 13.8 Å². The van der Waals surface area contributed by atoms with Crippen LogP contribution in [-0.4, -0.2) is 41.1 Å². The molecule has 5 nitrogen and oxygen atoms in total. The molecule has 0 saturated carbocycles. The van der Waals surface area contributed by atoms with Gasteiger partial charge >= 0.3 is 0 Å². The summed E-state index contributed by atoms with van der Waals surface area (Å²) in [5, 5.41) is 0. The first kappa shape index (κ1) is 13.2. The lowest BCUT2D eigenvalue weighted by molar-refractivity contribution is -0.0327. The van der Waals surface area contributed by atoms with Gasteiger partial charge in [-0.2, -0.15) is 0 Å². The molecule has 0 amide bonds. The van der Waals surface area contributed by atoms with Gasteiger partial charge in [-0.15, -0.1) is 0 Å². The van der Waals surface area contributed by atoms with Crippen LogP contribution in [0.2, 0.25) is 0 Å². The molecule has 1 fully saturated rings. The second-order valence-corrected chi connectivity index (χ2v) is 4.62. The summed E-state index contributed by atoms with van der Waals surface area (Å²) in [5.41, 5.74) is 1.55. The molecule has 0 aliphatic carbocycles. The van der Waals surface area contributed by atoms with E-state index in [-0.39, 0.29) is 11.7 Å². The zero-order valence-electron chi connectivity index (χ0n) is 11.3. The summed E-state index contributed by atoms with van der Waals surface area (Å²) < 4.78 is 5.71. The Bertz CT molecular complexity index is 470. The highest BCUT2D eigenvalue weighted by Crippen LogP contribution is 2.18. The Labute approximate surface area is 107 Å². The number of aryl methyl sites for hydroxylation is 1. The van der Waals surface area contributed by atoms with Gasteiger partial charge in [0.2, 0.25) is 0 Å².